The highest BCUT2D eigenvalue weighted by molar-refractivity contribution is 5.28. The summed E-state index contributed by atoms with van der Waals surface area (Å²) in [4.78, 5) is 23.8. The molecule has 0 saturated carbocycles. The minimum absolute atomic E-state index is 0.0261. The third-order valence-electron chi connectivity index (χ3n) is 5.66. The van der Waals surface area contributed by atoms with Gasteiger partial charge in [0, 0.05) is 26.2 Å². The van der Waals surface area contributed by atoms with Crippen LogP contribution in [0.5, 0.6) is 5.75 Å². The Balaban J connectivity index is 1.25. The van der Waals surface area contributed by atoms with Crippen molar-refractivity contribution in [3.05, 3.63) is 57.3 Å². The number of nitrogens with one attached hydrogen (secondary N) is 1. The number of aryl methyl sites for hydroxylation is 1. The number of aliphatic hydroxyl groups is 1. The van der Waals surface area contributed by atoms with Gasteiger partial charge in [-0.1, -0.05) is 18.6 Å². The third kappa shape index (κ3) is 5.23. The Bertz CT molecular complexity index is 875. The summed E-state index contributed by atoms with van der Waals surface area (Å²) in [6.45, 7) is 7.03. The fourth-order valence-electron chi connectivity index (χ4n) is 4.20. The van der Waals surface area contributed by atoms with Gasteiger partial charge in [-0.15, -0.1) is 0 Å². The van der Waals surface area contributed by atoms with Crippen LogP contribution in [0.4, 0.5) is 0 Å². The molecule has 2 aromatic rings. The molecule has 1 aromatic carbocycles. The van der Waals surface area contributed by atoms with Crippen molar-refractivity contribution in [1.82, 2.24) is 19.8 Å². The largest absolute Gasteiger partial charge is 0.491 e. The summed E-state index contributed by atoms with van der Waals surface area (Å²) in [7, 11) is 0. The molecular formula is C22H30N4O3. The van der Waals surface area contributed by atoms with E-state index < -0.39 is 6.10 Å². The van der Waals surface area contributed by atoms with Gasteiger partial charge in [0.15, 0.2) is 0 Å². The lowest BCUT2D eigenvalue weighted by molar-refractivity contribution is 0.0617. The highest BCUT2D eigenvalue weighted by Gasteiger charge is 2.23. The minimum Gasteiger partial charge on any atom is -0.491 e. The highest BCUT2D eigenvalue weighted by Crippen LogP contribution is 2.21. The van der Waals surface area contributed by atoms with E-state index in [2.05, 4.69) is 19.8 Å². The summed E-state index contributed by atoms with van der Waals surface area (Å²) >= 11 is 0. The Morgan fingerprint density at radius 1 is 1.14 bits per heavy atom. The van der Waals surface area contributed by atoms with Gasteiger partial charge in [-0.05, 0) is 50.6 Å². The quantitative estimate of drug-likeness (QED) is 0.741. The van der Waals surface area contributed by atoms with Gasteiger partial charge in [0.25, 0.3) is 5.56 Å². The highest BCUT2D eigenvalue weighted by atomic mass is 16.5. The predicted molar refractivity (Wildman–Crippen MR) is 111 cm³/mol. The van der Waals surface area contributed by atoms with Gasteiger partial charge < -0.3 is 19.7 Å². The maximum Gasteiger partial charge on any atom is 0.255 e. The standard InChI is InChI=1S/C22H30N4O3/c1-16-23-21-14-26(13-20(21)22(28)24-16)11-17-5-7-19(8-6-17)29-15-18(27)12-25-9-3-2-4-10-25/h5-8,18,27H,2-4,9-15H2,1H3,(H,23,24,28)/t18-/m1/s1. The van der Waals surface area contributed by atoms with E-state index in [1.807, 2.05) is 31.2 Å². The van der Waals surface area contributed by atoms with Crippen LogP contribution in [-0.4, -0.2) is 57.2 Å². The van der Waals surface area contributed by atoms with Crippen LogP contribution in [-0.2, 0) is 19.6 Å². The average molecular weight is 399 g/mol. The van der Waals surface area contributed by atoms with Crippen molar-refractivity contribution in [2.45, 2.75) is 51.9 Å². The van der Waals surface area contributed by atoms with Crippen LogP contribution < -0.4 is 10.3 Å². The molecule has 29 heavy (non-hydrogen) atoms. The van der Waals surface area contributed by atoms with Crippen molar-refractivity contribution < 1.29 is 9.84 Å². The molecule has 1 saturated heterocycles. The topological polar surface area (TPSA) is 81.7 Å². The zero-order chi connectivity index (χ0) is 20.2. The zero-order valence-corrected chi connectivity index (χ0v) is 17.1. The van der Waals surface area contributed by atoms with E-state index in [0.29, 0.717) is 32.1 Å². The van der Waals surface area contributed by atoms with Crippen LogP contribution in [0.15, 0.2) is 29.1 Å². The lowest BCUT2D eigenvalue weighted by Crippen LogP contribution is -2.38. The molecule has 0 bridgehead atoms. The Morgan fingerprint density at radius 3 is 2.66 bits per heavy atom. The molecule has 4 rings (SSSR count). The third-order valence-corrected chi connectivity index (χ3v) is 5.66. The number of hydrogen-bond acceptors (Lipinski definition) is 6. The number of nitrogens with zero attached hydrogens (tertiary/aromatic N) is 3. The first-order chi connectivity index (χ1) is 14.1. The molecule has 7 nitrogen and oxygen atoms in total. The van der Waals surface area contributed by atoms with Gasteiger partial charge in [0.2, 0.25) is 0 Å². The number of H-pyrrole nitrogens is 1. The molecule has 0 spiro atoms. The maximum atomic E-state index is 12.1. The number of likely N-dealkylation sites (tertiary alicyclic amines) is 1. The molecule has 1 atom stereocenters. The number of aromatic amines is 1. The van der Waals surface area contributed by atoms with E-state index in [4.69, 9.17) is 4.74 Å². The van der Waals surface area contributed by atoms with Crippen LogP contribution in [0, 0.1) is 6.92 Å². The molecule has 0 amide bonds. The van der Waals surface area contributed by atoms with Crippen LogP contribution in [0.2, 0.25) is 0 Å². The van der Waals surface area contributed by atoms with Gasteiger partial charge in [0.05, 0.1) is 11.3 Å². The summed E-state index contributed by atoms with van der Waals surface area (Å²) < 4.78 is 5.77. The van der Waals surface area contributed by atoms with Crippen LogP contribution in [0.1, 0.15) is 41.9 Å². The second-order valence-electron chi connectivity index (χ2n) is 8.19. The van der Waals surface area contributed by atoms with Crippen molar-refractivity contribution in [3.8, 4) is 5.75 Å². The number of rotatable bonds is 7. The molecule has 1 fully saturated rings. The molecule has 0 radical (unpaired) electrons. The van der Waals surface area contributed by atoms with Crippen LogP contribution in [0.3, 0.4) is 0 Å². The number of ether oxygens (including phenoxy) is 1. The van der Waals surface area contributed by atoms with E-state index in [-0.39, 0.29) is 5.56 Å². The molecule has 156 valence electrons. The number of β-amino-alcohol motifs (C(OH)–C–C–N with tert-alkyl or cyclic N) is 1. The van der Waals surface area contributed by atoms with E-state index in [1.165, 1.54) is 19.3 Å². The summed E-state index contributed by atoms with van der Waals surface area (Å²) in [5.41, 5.74) is 2.79. The Kier molecular flexibility index (Phi) is 6.28. The summed E-state index contributed by atoms with van der Waals surface area (Å²) in [6.07, 6.45) is 3.28. The number of fused-ring (bicyclic) bond motifs is 1. The number of aromatic nitrogens is 2. The molecule has 2 aliphatic heterocycles. The van der Waals surface area contributed by atoms with Gasteiger partial charge in [-0.25, -0.2) is 4.98 Å². The molecule has 1 aromatic heterocycles. The number of hydrogen-bond donors (Lipinski definition) is 2. The molecule has 3 heterocycles. The summed E-state index contributed by atoms with van der Waals surface area (Å²) in [5.74, 6) is 1.43. The molecular weight excluding hydrogens is 368 g/mol. The van der Waals surface area contributed by atoms with Crippen molar-refractivity contribution in [1.29, 1.82) is 0 Å². The monoisotopic (exact) mass is 398 g/mol. The first kappa shape index (κ1) is 20.1. The van der Waals surface area contributed by atoms with E-state index in [9.17, 15) is 9.90 Å². The predicted octanol–water partition coefficient (Wildman–Crippen LogP) is 1.82. The molecule has 2 aliphatic rings. The fraction of sp³-hybridized carbons (Fsp3) is 0.545. The average Bonchev–Trinajstić information content (AvgIpc) is 3.11. The zero-order valence-electron chi connectivity index (χ0n) is 17.1. The van der Waals surface area contributed by atoms with Crippen molar-refractivity contribution in [3.63, 3.8) is 0 Å². The van der Waals surface area contributed by atoms with E-state index in [0.717, 1.165) is 42.2 Å². The van der Waals surface area contributed by atoms with Gasteiger partial charge in [-0.3, -0.25) is 9.69 Å². The lowest BCUT2D eigenvalue weighted by Gasteiger charge is -2.28. The van der Waals surface area contributed by atoms with Crippen LogP contribution >= 0.6 is 0 Å². The number of aliphatic hydroxyl groups excluding tert-OH is 1. The Hall–Kier alpha value is -2.22. The molecule has 0 unspecified atom stereocenters. The molecule has 7 heteroatoms. The van der Waals surface area contributed by atoms with E-state index >= 15 is 0 Å². The van der Waals surface area contributed by atoms with Crippen molar-refractivity contribution >= 4 is 0 Å². The normalized spacial score (nSPS) is 18.6. The maximum absolute atomic E-state index is 12.1. The Morgan fingerprint density at radius 2 is 1.90 bits per heavy atom. The van der Waals surface area contributed by atoms with Gasteiger partial charge >= 0.3 is 0 Å². The number of piperidine rings is 1. The first-order valence-electron chi connectivity index (χ1n) is 10.5. The van der Waals surface area contributed by atoms with Gasteiger partial charge in [-0.2, -0.15) is 0 Å². The lowest BCUT2D eigenvalue weighted by atomic mass is 10.1. The molecule has 0 aliphatic carbocycles. The SMILES string of the molecule is Cc1nc2c(c(=O)[nH]1)CN(Cc1ccc(OC[C@H](O)CN3CCCCC3)cc1)C2. The van der Waals surface area contributed by atoms with Crippen molar-refractivity contribution in [2.75, 3.05) is 26.2 Å². The Labute approximate surface area is 171 Å². The van der Waals surface area contributed by atoms with E-state index in [1.54, 1.807) is 0 Å². The first-order valence-corrected chi connectivity index (χ1v) is 10.5. The number of benzene rings is 1. The van der Waals surface area contributed by atoms with Gasteiger partial charge in [0.1, 0.15) is 24.3 Å². The minimum atomic E-state index is -0.468. The molecule has 2 N–H and O–H groups in total. The fourth-order valence-corrected chi connectivity index (χ4v) is 4.20. The second kappa shape index (κ2) is 9.07. The smallest absolute Gasteiger partial charge is 0.255 e. The summed E-state index contributed by atoms with van der Waals surface area (Å²) in [6, 6.07) is 7.97. The van der Waals surface area contributed by atoms with Crippen LogP contribution in [0.25, 0.3) is 0 Å². The van der Waals surface area contributed by atoms with Crippen molar-refractivity contribution in [2.24, 2.45) is 0 Å². The second-order valence-corrected chi connectivity index (χ2v) is 8.19. The summed E-state index contributed by atoms with van der Waals surface area (Å²) in [5, 5.41) is 10.2.